The minimum absolute atomic E-state index is 0.853. The number of aryl methyl sites for hydroxylation is 1. The van der Waals surface area contributed by atoms with E-state index in [-0.39, 0.29) is 0 Å². The summed E-state index contributed by atoms with van der Waals surface area (Å²) in [6.07, 6.45) is 1.84. The molecule has 1 aromatic rings. The number of anilines is 1. The van der Waals surface area contributed by atoms with E-state index in [2.05, 4.69) is 4.98 Å². The van der Waals surface area contributed by atoms with Crippen molar-refractivity contribution in [2.75, 3.05) is 5.73 Å². The van der Waals surface area contributed by atoms with Gasteiger partial charge in [0.15, 0.2) is 11.9 Å². The van der Waals surface area contributed by atoms with E-state index in [0.717, 1.165) is 16.9 Å². The largest absolute Gasteiger partial charge is 0.398 e. The van der Waals surface area contributed by atoms with E-state index in [1.807, 2.05) is 26.1 Å². The molecule has 48 valence electrons. The van der Waals surface area contributed by atoms with Crippen molar-refractivity contribution in [2.24, 2.45) is 0 Å². The predicted octanol–water partition coefficient (Wildman–Crippen LogP) is 0.700. The van der Waals surface area contributed by atoms with Gasteiger partial charge < -0.3 is 5.73 Å². The molecule has 0 aromatic carbocycles. The second-order valence-corrected chi connectivity index (χ2v) is 2.18. The van der Waals surface area contributed by atoms with Gasteiger partial charge in [0.25, 0.3) is 0 Å². The Labute approximate surface area is 54.7 Å². The minimum Gasteiger partial charge on any atom is -0.398 e. The number of pyridine rings is 1. The number of aromatic nitrogens is 1. The lowest BCUT2D eigenvalue weighted by Gasteiger charge is -1.94. The van der Waals surface area contributed by atoms with E-state index >= 15 is 0 Å². The summed E-state index contributed by atoms with van der Waals surface area (Å²) in [5.41, 5.74) is 8.72. The number of nitrogen functional groups attached to an aromatic ring is 1. The number of rotatable bonds is 0. The van der Waals surface area contributed by atoms with Crippen LogP contribution < -0.4 is 10.7 Å². The molecule has 1 aromatic heterocycles. The van der Waals surface area contributed by atoms with E-state index in [1.165, 1.54) is 0 Å². The summed E-state index contributed by atoms with van der Waals surface area (Å²) in [7, 11) is 0. The normalized spacial score (nSPS) is 9.56. The highest BCUT2D eigenvalue weighted by Crippen LogP contribution is 2.07. The number of hydrogen-bond acceptors (Lipinski definition) is 1. The highest BCUT2D eigenvalue weighted by atomic mass is 14.7. The Bertz CT molecular complexity index is 198. The van der Waals surface area contributed by atoms with Crippen LogP contribution in [0, 0.1) is 13.8 Å². The van der Waals surface area contributed by atoms with Gasteiger partial charge in [0, 0.05) is 24.2 Å². The molecule has 1 heterocycles. The first-order chi connectivity index (χ1) is 4.22. The van der Waals surface area contributed by atoms with Crippen molar-refractivity contribution in [3.63, 3.8) is 0 Å². The average Bonchev–Trinajstić information content (AvgIpc) is 1.83. The fourth-order valence-corrected chi connectivity index (χ4v) is 0.706. The number of nitrogens with one attached hydrogen (secondary N) is 1. The van der Waals surface area contributed by atoms with Crippen LogP contribution >= 0.6 is 0 Å². The third-order valence-electron chi connectivity index (χ3n) is 1.56. The molecule has 1 rings (SSSR count). The number of aromatic amines is 1. The first kappa shape index (κ1) is 6.08. The number of hydrogen-bond donors (Lipinski definition) is 1. The van der Waals surface area contributed by atoms with Crippen LogP contribution in [-0.2, 0) is 0 Å². The van der Waals surface area contributed by atoms with Crippen LogP contribution in [0.25, 0.3) is 0 Å². The molecule has 0 spiro atoms. The fourth-order valence-electron chi connectivity index (χ4n) is 0.706. The van der Waals surface area contributed by atoms with E-state index in [9.17, 15) is 0 Å². The first-order valence-corrected chi connectivity index (χ1v) is 2.95. The lowest BCUT2D eigenvalue weighted by atomic mass is 10.2. The van der Waals surface area contributed by atoms with Gasteiger partial charge in [0.1, 0.15) is 0 Å². The Morgan fingerprint density at radius 1 is 1.44 bits per heavy atom. The summed E-state index contributed by atoms with van der Waals surface area (Å²) < 4.78 is 0. The van der Waals surface area contributed by atoms with E-state index in [4.69, 9.17) is 5.73 Å². The minimum atomic E-state index is 0.853. The highest BCUT2D eigenvalue weighted by Gasteiger charge is 2.00. The third kappa shape index (κ3) is 1.02. The smallest absolute Gasteiger partial charge is 0.181 e. The molecule has 0 aliphatic heterocycles. The average molecular weight is 123 g/mol. The Hall–Kier alpha value is -1.05. The van der Waals surface area contributed by atoms with Crippen molar-refractivity contribution in [3.8, 4) is 0 Å². The Morgan fingerprint density at radius 3 is 2.56 bits per heavy atom. The van der Waals surface area contributed by atoms with Gasteiger partial charge in [-0.05, 0) is 6.92 Å². The van der Waals surface area contributed by atoms with Crippen LogP contribution in [0.5, 0.6) is 0 Å². The van der Waals surface area contributed by atoms with Crippen LogP contribution in [0.4, 0.5) is 5.69 Å². The van der Waals surface area contributed by atoms with Gasteiger partial charge in [0.05, 0.1) is 0 Å². The molecular formula is C7H11N2+. The second-order valence-electron chi connectivity index (χ2n) is 2.18. The maximum absolute atomic E-state index is 5.60. The third-order valence-corrected chi connectivity index (χ3v) is 1.56. The van der Waals surface area contributed by atoms with Crippen molar-refractivity contribution < 1.29 is 4.98 Å². The van der Waals surface area contributed by atoms with Crippen LogP contribution in [0.15, 0.2) is 12.3 Å². The maximum atomic E-state index is 5.60. The molecule has 2 heteroatoms. The molecule has 0 bridgehead atoms. The summed E-state index contributed by atoms with van der Waals surface area (Å²) in [6, 6.07) is 1.86. The lowest BCUT2D eigenvalue weighted by Crippen LogP contribution is -2.09. The molecule has 0 fully saturated rings. The molecule has 3 N–H and O–H groups in total. The van der Waals surface area contributed by atoms with E-state index in [0.29, 0.717) is 0 Å². The predicted molar refractivity (Wildman–Crippen MR) is 36.9 cm³/mol. The fraction of sp³-hybridized carbons (Fsp3) is 0.286. The quantitative estimate of drug-likeness (QED) is 0.542. The maximum Gasteiger partial charge on any atom is 0.181 e. The first-order valence-electron chi connectivity index (χ1n) is 2.95. The van der Waals surface area contributed by atoms with Crippen molar-refractivity contribution in [3.05, 3.63) is 23.5 Å². The summed E-state index contributed by atoms with van der Waals surface area (Å²) in [6.45, 7) is 4.01. The molecule has 0 unspecified atom stereocenters. The van der Waals surface area contributed by atoms with Gasteiger partial charge in [-0.2, -0.15) is 0 Å². The summed E-state index contributed by atoms with van der Waals surface area (Å²) >= 11 is 0. The van der Waals surface area contributed by atoms with Gasteiger partial charge in [-0.1, -0.05) is 0 Å². The highest BCUT2D eigenvalue weighted by molar-refractivity contribution is 5.44. The molecule has 0 amide bonds. The molecule has 0 aliphatic carbocycles. The van der Waals surface area contributed by atoms with Crippen molar-refractivity contribution in [1.29, 1.82) is 0 Å². The van der Waals surface area contributed by atoms with Crippen LogP contribution in [0.3, 0.4) is 0 Å². The van der Waals surface area contributed by atoms with Crippen LogP contribution in [-0.4, -0.2) is 0 Å². The van der Waals surface area contributed by atoms with Gasteiger partial charge >= 0.3 is 0 Å². The zero-order chi connectivity index (χ0) is 6.85. The zero-order valence-electron chi connectivity index (χ0n) is 5.73. The Kier molecular flexibility index (Phi) is 1.39. The van der Waals surface area contributed by atoms with Gasteiger partial charge in [-0.3, -0.25) is 0 Å². The molecule has 0 saturated carbocycles. The molecule has 9 heavy (non-hydrogen) atoms. The van der Waals surface area contributed by atoms with Crippen LogP contribution in [0.2, 0.25) is 0 Å². The molecule has 0 radical (unpaired) electrons. The van der Waals surface area contributed by atoms with Crippen molar-refractivity contribution in [1.82, 2.24) is 0 Å². The lowest BCUT2D eigenvalue weighted by molar-refractivity contribution is -0.387. The topological polar surface area (TPSA) is 40.2 Å². The number of nitrogens with two attached hydrogens (primary N) is 1. The Balaban J connectivity index is 3.25. The van der Waals surface area contributed by atoms with Crippen molar-refractivity contribution >= 4 is 5.69 Å². The molecular weight excluding hydrogens is 112 g/mol. The van der Waals surface area contributed by atoms with E-state index < -0.39 is 0 Å². The zero-order valence-corrected chi connectivity index (χ0v) is 5.73. The van der Waals surface area contributed by atoms with Crippen molar-refractivity contribution in [2.45, 2.75) is 13.8 Å². The number of H-pyrrole nitrogens is 1. The van der Waals surface area contributed by atoms with Gasteiger partial charge in [-0.25, -0.2) is 4.98 Å². The summed E-state index contributed by atoms with van der Waals surface area (Å²) in [5, 5.41) is 0. The summed E-state index contributed by atoms with van der Waals surface area (Å²) in [5.74, 6) is 0. The SMILES string of the molecule is Cc1[nH+]ccc(N)c1C. The Morgan fingerprint density at radius 2 is 2.11 bits per heavy atom. The molecule has 2 nitrogen and oxygen atoms in total. The standard InChI is InChI=1S/C7H10N2/c1-5-6(2)9-4-3-7(5)8/h3-4H,1-2H3,(H2,8,9)/p+1. The van der Waals surface area contributed by atoms with Gasteiger partial charge in [-0.15, -0.1) is 0 Å². The monoisotopic (exact) mass is 123 g/mol. The molecule has 0 aliphatic rings. The van der Waals surface area contributed by atoms with Gasteiger partial charge in [0.2, 0.25) is 0 Å². The summed E-state index contributed by atoms with van der Waals surface area (Å²) in [4.78, 5) is 3.06. The van der Waals surface area contributed by atoms with E-state index in [1.54, 1.807) is 0 Å². The van der Waals surface area contributed by atoms with Crippen LogP contribution in [0.1, 0.15) is 11.3 Å². The molecule has 0 atom stereocenters. The molecule has 0 saturated heterocycles. The second kappa shape index (κ2) is 2.05.